The molecule has 1 heterocycles. The molecule has 1 aliphatic heterocycles. The molecule has 104 valence electrons. The van der Waals surface area contributed by atoms with E-state index in [0.29, 0.717) is 23.7 Å². The molecule has 1 N–H and O–H groups in total. The molecule has 1 fully saturated rings. The Balaban J connectivity index is 2.24. The number of aliphatic hydroxyl groups excluding tert-OH is 1. The van der Waals surface area contributed by atoms with Gasteiger partial charge in [-0.25, -0.2) is 0 Å². The molecule has 0 bridgehead atoms. The van der Waals surface area contributed by atoms with Crippen LogP contribution in [-0.4, -0.2) is 47.8 Å². The Labute approximate surface area is 125 Å². The Hall–Kier alpha value is -0.620. The molecule has 2 unspecified atom stereocenters. The maximum atomic E-state index is 12.5. The van der Waals surface area contributed by atoms with Gasteiger partial charge in [-0.05, 0) is 25.1 Å². The van der Waals surface area contributed by atoms with Gasteiger partial charge in [-0.2, -0.15) is 0 Å². The quantitative estimate of drug-likeness (QED) is 0.892. The SMILES string of the molecule is CC1COC(CO)CN1C(=O)c1cc(Br)ccc1Cl. The highest BCUT2D eigenvalue weighted by Crippen LogP contribution is 2.24. The highest BCUT2D eigenvalue weighted by atomic mass is 79.9. The van der Waals surface area contributed by atoms with E-state index in [0.717, 1.165) is 4.47 Å². The van der Waals surface area contributed by atoms with Crippen LogP contribution in [0.3, 0.4) is 0 Å². The Morgan fingerprint density at radius 1 is 1.63 bits per heavy atom. The standard InChI is InChI=1S/C13H15BrClNO3/c1-8-7-19-10(6-17)5-16(8)13(18)11-4-9(14)2-3-12(11)15/h2-4,8,10,17H,5-7H2,1H3. The maximum absolute atomic E-state index is 12.5. The third-order valence-corrected chi connectivity index (χ3v) is 3.95. The minimum absolute atomic E-state index is 0.0367. The van der Waals surface area contributed by atoms with Crippen LogP contribution < -0.4 is 0 Å². The Morgan fingerprint density at radius 2 is 2.37 bits per heavy atom. The smallest absolute Gasteiger partial charge is 0.255 e. The lowest BCUT2D eigenvalue weighted by Crippen LogP contribution is -2.52. The number of amides is 1. The fraction of sp³-hybridized carbons (Fsp3) is 0.462. The van der Waals surface area contributed by atoms with Crippen molar-refractivity contribution in [1.82, 2.24) is 4.90 Å². The van der Waals surface area contributed by atoms with E-state index >= 15 is 0 Å². The van der Waals surface area contributed by atoms with Gasteiger partial charge in [-0.1, -0.05) is 27.5 Å². The molecule has 19 heavy (non-hydrogen) atoms. The summed E-state index contributed by atoms with van der Waals surface area (Å²) < 4.78 is 6.23. The third kappa shape index (κ3) is 3.28. The monoisotopic (exact) mass is 347 g/mol. The average molecular weight is 349 g/mol. The Bertz CT molecular complexity index is 483. The number of benzene rings is 1. The van der Waals surface area contributed by atoms with Crippen molar-refractivity contribution in [3.63, 3.8) is 0 Å². The van der Waals surface area contributed by atoms with Crippen LogP contribution in [0.4, 0.5) is 0 Å². The van der Waals surface area contributed by atoms with E-state index in [-0.39, 0.29) is 24.7 Å². The van der Waals surface area contributed by atoms with Gasteiger partial charge in [0.15, 0.2) is 0 Å². The van der Waals surface area contributed by atoms with Crippen molar-refractivity contribution in [2.45, 2.75) is 19.1 Å². The van der Waals surface area contributed by atoms with E-state index < -0.39 is 0 Å². The van der Waals surface area contributed by atoms with Crippen LogP contribution in [-0.2, 0) is 4.74 Å². The van der Waals surface area contributed by atoms with Gasteiger partial charge in [-0.3, -0.25) is 4.79 Å². The number of rotatable bonds is 2. The highest BCUT2D eigenvalue weighted by Gasteiger charge is 2.30. The molecule has 1 aromatic rings. The Morgan fingerprint density at radius 3 is 3.05 bits per heavy atom. The zero-order valence-corrected chi connectivity index (χ0v) is 12.8. The first-order valence-corrected chi connectivity index (χ1v) is 7.18. The summed E-state index contributed by atoms with van der Waals surface area (Å²) in [4.78, 5) is 14.2. The van der Waals surface area contributed by atoms with Crippen molar-refractivity contribution >= 4 is 33.4 Å². The zero-order chi connectivity index (χ0) is 14.0. The molecule has 2 rings (SSSR count). The summed E-state index contributed by atoms with van der Waals surface area (Å²) >= 11 is 9.41. The van der Waals surface area contributed by atoms with Crippen molar-refractivity contribution in [3.05, 3.63) is 33.3 Å². The molecule has 1 aliphatic rings. The van der Waals surface area contributed by atoms with E-state index in [1.54, 1.807) is 23.1 Å². The van der Waals surface area contributed by atoms with Gasteiger partial charge >= 0.3 is 0 Å². The highest BCUT2D eigenvalue weighted by molar-refractivity contribution is 9.10. The minimum Gasteiger partial charge on any atom is -0.394 e. The van der Waals surface area contributed by atoms with Gasteiger partial charge in [0.2, 0.25) is 0 Å². The lowest BCUT2D eigenvalue weighted by atomic mass is 10.1. The van der Waals surface area contributed by atoms with Gasteiger partial charge in [-0.15, -0.1) is 0 Å². The second-order valence-corrected chi connectivity index (χ2v) is 5.89. The second-order valence-electron chi connectivity index (χ2n) is 4.57. The second kappa shape index (κ2) is 6.22. The number of hydrogen-bond acceptors (Lipinski definition) is 3. The summed E-state index contributed by atoms with van der Waals surface area (Å²) in [6.45, 7) is 2.61. The summed E-state index contributed by atoms with van der Waals surface area (Å²) in [6, 6.07) is 5.15. The number of carbonyl (C=O) groups is 1. The summed E-state index contributed by atoms with van der Waals surface area (Å²) in [5, 5.41) is 9.57. The largest absolute Gasteiger partial charge is 0.394 e. The van der Waals surface area contributed by atoms with Gasteiger partial charge < -0.3 is 14.7 Å². The van der Waals surface area contributed by atoms with Crippen molar-refractivity contribution in [2.75, 3.05) is 19.8 Å². The van der Waals surface area contributed by atoms with Crippen LogP contribution >= 0.6 is 27.5 Å². The average Bonchev–Trinajstić information content (AvgIpc) is 2.41. The third-order valence-electron chi connectivity index (χ3n) is 3.13. The van der Waals surface area contributed by atoms with Gasteiger partial charge in [0.05, 0.1) is 35.9 Å². The molecule has 2 atom stereocenters. The normalized spacial score (nSPS) is 23.5. The van der Waals surface area contributed by atoms with Crippen molar-refractivity contribution in [1.29, 1.82) is 0 Å². The van der Waals surface area contributed by atoms with Crippen LogP contribution in [0.2, 0.25) is 5.02 Å². The molecule has 1 amide bonds. The lowest BCUT2D eigenvalue weighted by Gasteiger charge is -2.37. The number of halogens is 2. The predicted octanol–water partition coefficient (Wildman–Crippen LogP) is 2.32. The van der Waals surface area contributed by atoms with Crippen molar-refractivity contribution < 1.29 is 14.6 Å². The van der Waals surface area contributed by atoms with Crippen LogP contribution in [0, 0.1) is 0 Å². The van der Waals surface area contributed by atoms with Crippen LogP contribution in [0.15, 0.2) is 22.7 Å². The van der Waals surface area contributed by atoms with Crippen LogP contribution in [0.1, 0.15) is 17.3 Å². The van der Waals surface area contributed by atoms with Crippen molar-refractivity contribution in [3.8, 4) is 0 Å². The van der Waals surface area contributed by atoms with Crippen LogP contribution in [0.25, 0.3) is 0 Å². The predicted molar refractivity (Wildman–Crippen MR) is 76.5 cm³/mol. The van der Waals surface area contributed by atoms with E-state index in [2.05, 4.69) is 15.9 Å². The van der Waals surface area contributed by atoms with Gasteiger partial charge in [0, 0.05) is 11.0 Å². The molecule has 0 radical (unpaired) electrons. The summed E-state index contributed by atoms with van der Waals surface area (Å²) in [6.07, 6.45) is -0.328. The number of hydrogen-bond donors (Lipinski definition) is 1. The fourth-order valence-electron chi connectivity index (χ4n) is 2.03. The summed E-state index contributed by atoms with van der Waals surface area (Å²) in [5.74, 6) is -0.138. The van der Waals surface area contributed by atoms with Crippen molar-refractivity contribution in [2.24, 2.45) is 0 Å². The number of ether oxygens (including phenoxy) is 1. The number of morpholine rings is 1. The molecular weight excluding hydrogens is 334 g/mol. The van der Waals surface area contributed by atoms with E-state index in [1.807, 2.05) is 6.92 Å². The molecule has 1 saturated heterocycles. The van der Waals surface area contributed by atoms with E-state index in [1.165, 1.54) is 0 Å². The summed E-state index contributed by atoms with van der Waals surface area (Å²) in [5.41, 5.74) is 0.460. The first kappa shape index (κ1) is 14.8. The van der Waals surface area contributed by atoms with Gasteiger partial charge in [0.1, 0.15) is 0 Å². The lowest BCUT2D eigenvalue weighted by molar-refractivity contribution is -0.0667. The number of nitrogens with zero attached hydrogens (tertiary/aromatic N) is 1. The topological polar surface area (TPSA) is 49.8 Å². The first-order valence-electron chi connectivity index (χ1n) is 6.01. The molecule has 4 nitrogen and oxygen atoms in total. The number of carbonyl (C=O) groups excluding carboxylic acids is 1. The van der Waals surface area contributed by atoms with Crippen LogP contribution in [0.5, 0.6) is 0 Å². The number of aliphatic hydroxyl groups is 1. The molecule has 0 saturated carbocycles. The first-order chi connectivity index (χ1) is 9.02. The molecule has 0 aromatic heterocycles. The zero-order valence-electron chi connectivity index (χ0n) is 10.5. The summed E-state index contributed by atoms with van der Waals surface area (Å²) in [7, 11) is 0. The molecule has 1 aromatic carbocycles. The molecular formula is C13H15BrClNO3. The maximum Gasteiger partial charge on any atom is 0.255 e. The molecule has 6 heteroatoms. The fourth-order valence-corrected chi connectivity index (χ4v) is 2.59. The molecule has 0 spiro atoms. The molecule has 0 aliphatic carbocycles. The van der Waals surface area contributed by atoms with E-state index in [9.17, 15) is 4.79 Å². The van der Waals surface area contributed by atoms with Gasteiger partial charge in [0.25, 0.3) is 5.91 Å². The minimum atomic E-state index is -0.328. The Kier molecular flexibility index (Phi) is 4.84. The van der Waals surface area contributed by atoms with E-state index in [4.69, 9.17) is 21.4 Å².